The van der Waals surface area contributed by atoms with Crippen molar-refractivity contribution >= 4 is 11.6 Å². The highest BCUT2D eigenvalue weighted by Gasteiger charge is 2.14. The maximum atomic E-state index is 6.03. The summed E-state index contributed by atoms with van der Waals surface area (Å²) >= 11 is 0. The van der Waals surface area contributed by atoms with E-state index in [1.807, 2.05) is 19.1 Å². The minimum absolute atomic E-state index is 0.392. The molecule has 1 fully saturated rings. The fourth-order valence-corrected chi connectivity index (χ4v) is 3.38. The van der Waals surface area contributed by atoms with Gasteiger partial charge in [-0.2, -0.15) is 0 Å². The molecule has 28 heavy (non-hydrogen) atoms. The summed E-state index contributed by atoms with van der Waals surface area (Å²) in [6, 6.07) is 3.71. The Kier molecular flexibility index (Phi) is 9.76. The molecule has 0 bridgehead atoms. The van der Waals surface area contributed by atoms with Crippen LogP contribution in [0.3, 0.4) is 0 Å². The number of aliphatic imine (C=N–C) groups is 1. The predicted octanol–water partition coefficient (Wildman–Crippen LogP) is 3.83. The summed E-state index contributed by atoms with van der Waals surface area (Å²) in [7, 11) is 4.80. The summed E-state index contributed by atoms with van der Waals surface area (Å²) < 4.78 is 22.2. The van der Waals surface area contributed by atoms with Crippen molar-refractivity contribution in [3.63, 3.8) is 0 Å². The fourth-order valence-electron chi connectivity index (χ4n) is 3.38. The average molecular weight is 394 g/mol. The van der Waals surface area contributed by atoms with Crippen LogP contribution in [0.4, 0.5) is 5.69 Å². The lowest BCUT2D eigenvalue weighted by Gasteiger charge is -2.17. The van der Waals surface area contributed by atoms with Crippen LogP contribution in [0.5, 0.6) is 17.2 Å². The molecule has 2 rings (SSSR count). The van der Waals surface area contributed by atoms with Gasteiger partial charge in [-0.15, -0.1) is 0 Å². The van der Waals surface area contributed by atoms with E-state index in [0.29, 0.717) is 42.5 Å². The highest BCUT2D eigenvalue weighted by Crippen LogP contribution is 2.39. The zero-order valence-electron chi connectivity index (χ0n) is 17.7. The van der Waals surface area contributed by atoms with Crippen molar-refractivity contribution < 1.29 is 18.9 Å². The number of nitrogens with zero attached hydrogens (tertiary/aromatic N) is 1. The first kappa shape index (κ1) is 22.1. The molecule has 0 aromatic heterocycles. The van der Waals surface area contributed by atoms with Crippen LogP contribution in [0.15, 0.2) is 17.1 Å². The number of hydrogen-bond donors (Lipinski definition) is 2. The quantitative estimate of drug-likeness (QED) is 0.287. The molecule has 0 heterocycles. The van der Waals surface area contributed by atoms with E-state index in [0.717, 1.165) is 12.2 Å². The van der Waals surface area contributed by atoms with Gasteiger partial charge >= 0.3 is 0 Å². The Hall–Kier alpha value is -2.15. The number of hydrogen-bond acceptors (Lipinski definition) is 5. The van der Waals surface area contributed by atoms with E-state index in [2.05, 4.69) is 15.6 Å². The van der Waals surface area contributed by atoms with Crippen LogP contribution in [0, 0.1) is 0 Å². The van der Waals surface area contributed by atoms with Gasteiger partial charge in [0.2, 0.25) is 5.75 Å². The van der Waals surface area contributed by atoms with Gasteiger partial charge in [0.1, 0.15) is 0 Å². The molecular formula is C21H35N3O4. The fraction of sp³-hybridized carbons (Fsp3) is 0.667. The van der Waals surface area contributed by atoms with Gasteiger partial charge in [0.15, 0.2) is 17.5 Å². The van der Waals surface area contributed by atoms with Gasteiger partial charge in [-0.1, -0.05) is 25.7 Å². The number of guanidine groups is 1. The lowest BCUT2D eigenvalue weighted by atomic mass is 10.1. The van der Waals surface area contributed by atoms with Crippen molar-refractivity contribution in [2.45, 2.75) is 51.6 Å². The third-order valence-corrected chi connectivity index (χ3v) is 4.79. The molecule has 1 saturated carbocycles. The Morgan fingerprint density at radius 2 is 1.64 bits per heavy atom. The molecule has 7 nitrogen and oxygen atoms in total. The lowest BCUT2D eigenvalue weighted by Crippen LogP contribution is -2.31. The molecule has 0 radical (unpaired) electrons. The van der Waals surface area contributed by atoms with Crippen molar-refractivity contribution in [3.8, 4) is 17.2 Å². The van der Waals surface area contributed by atoms with Crippen molar-refractivity contribution in [2.75, 3.05) is 46.3 Å². The van der Waals surface area contributed by atoms with Crippen molar-refractivity contribution in [1.82, 2.24) is 5.32 Å². The molecule has 1 aromatic carbocycles. The molecule has 1 aromatic rings. The van der Waals surface area contributed by atoms with Gasteiger partial charge in [-0.3, -0.25) is 4.99 Å². The number of rotatable bonds is 9. The standard InChI is InChI=1S/C21H35N3O4/c1-5-22-21(23-12-13-28-17-10-8-6-7-9-11-17)24-16-14-18(25-2)20(27-4)19(15-16)26-3/h14-15,17H,5-13H2,1-4H3,(H2,22,23,24). The minimum atomic E-state index is 0.392. The summed E-state index contributed by atoms with van der Waals surface area (Å²) in [5.41, 5.74) is 0.805. The second-order valence-corrected chi connectivity index (χ2v) is 6.78. The molecule has 158 valence electrons. The monoisotopic (exact) mass is 393 g/mol. The molecule has 0 spiro atoms. The smallest absolute Gasteiger partial charge is 0.203 e. The van der Waals surface area contributed by atoms with Gasteiger partial charge in [0.25, 0.3) is 0 Å². The Morgan fingerprint density at radius 1 is 1.00 bits per heavy atom. The first-order chi connectivity index (χ1) is 13.7. The number of anilines is 1. The Balaban J connectivity index is 1.98. The van der Waals surface area contributed by atoms with Crippen molar-refractivity contribution in [2.24, 2.45) is 4.99 Å². The van der Waals surface area contributed by atoms with Gasteiger partial charge in [-0.25, -0.2) is 0 Å². The Morgan fingerprint density at radius 3 is 2.18 bits per heavy atom. The maximum absolute atomic E-state index is 6.03. The lowest BCUT2D eigenvalue weighted by molar-refractivity contribution is 0.0487. The van der Waals surface area contributed by atoms with E-state index in [1.165, 1.54) is 38.5 Å². The van der Waals surface area contributed by atoms with Crippen LogP contribution in [0.2, 0.25) is 0 Å². The summed E-state index contributed by atoms with van der Waals surface area (Å²) in [4.78, 5) is 4.63. The van der Waals surface area contributed by atoms with Crippen LogP contribution >= 0.6 is 0 Å². The molecule has 1 aliphatic carbocycles. The average Bonchev–Trinajstić information content (AvgIpc) is 2.99. The number of benzene rings is 1. The van der Waals surface area contributed by atoms with Gasteiger partial charge in [0, 0.05) is 24.4 Å². The van der Waals surface area contributed by atoms with Crippen LogP contribution in [-0.4, -0.2) is 53.1 Å². The maximum Gasteiger partial charge on any atom is 0.203 e. The third kappa shape index (κ3) is 6.78. The van der Waals surface area contributed by atoms with E-state index in [1.54, 1.807) is 21.3 Å². The summed E-state index contributed by atoms with van der Waals surface area (Å²) in [6.07, 6.45) is 7.96. The highest BCUT2D eigenvalue weighted by atomic mass is 16.5. The largest absolute Gasteiger partial charge is 0.493 e. The number of nitrogens with one attached hydrogen (secondary N) is 2. The zero-order valence-corrected chi connectivity index (χ0v) is 17.7. The van der Waals surface area contributed by atoms with Crippen molar-refractivity contribution in [3.05, 3.63) is 12.1 Å². The number of ether oxygens (including phenoxy) is 4. The molecule has 7 heteroatoms. The zero-order chi connectivity index (χ0) is 20.2. The summed E-state index contributed by atoms with van der Waals surface area (Å²) in [5, 5.41) is 6.55. The normalized spacial score (nSPS) is 15.6. The first-order valence-corrected chi connectivity index (χ1v) is 10.2. The topological polar surface area (TPSA) is 73.3 Å². The number of methoxy groups -OCH3 is 3. The summed E-state index contributed by atoms with van der Waals surface area (Å²) in [5.74, 6) is 2.45. The molecule has 0 aliphatic heterocycles. The second kappa shape index (κ2) is 12.3. The van der Waals surface area contributed by atoms with E-state index < -0.39 is 0 Å². The highest BCUT2D eigenvalue weighted by molar-refractivity contribution is 5.94. The Labute approximate surface area is 168 Å². The van der Waals surface area contributed by atoms with Crippen LogP contribution in [-0.2, 0) is 4.74 Å². The molecule has 0 amide bonds. The molecule has 0 atom stereocenters. The third-order valence-electron chi connectivity index (χ3n) is 4.79. The second-order valence-electron chi connectivity index (χ2n) is 6.78. The molecule has 2 N–H and O–H groups in total. The van der Waals surface area contributed by atoms with E-state index in [9.17, 15) is 0 Å². The first-order valence-electron chi connectivity index (χ1n) is 10.2. The SMILES string of the molecule is CCNC(=NCCOC1CCCCCC1)Nc1cc(OC)c(OC)c(OC)c1. The predicted molar refractivity (Wildman–Crippen MR) is 113 cm³/mol. The van der Waals surface area contributed by atoms with Crippen LogP contribution < -0.4 is 24.8 Å². The molecule has 1 aliphatic rings. The Bertz CT molecular complexity index is 589. The van der Waals surface area contributed by atoms with Gasteiger partial charge < -0.3 is 29.6 Å². The molecule has 0 unspecified atom stereocenters. The summed E-state index contributed by atoms with van der Waals surface area (Å²) in [6.45, 7) is 4.04. The van der Waals surface area contributed by atoms with E-state index >= 15 is 0 Å². The molecular weight excluding hydrogens is 358 g/mol. The van der Waals surface area contributed by atoms with E-state index in [-0.39, 0.29) is 0 Å². The van der Waals surface area contributed by atoms with Crippen LogP contribution in [0.1, 0.15) is 45.4 Å². The van der Waals surface area contributed by atoms with Crippen molar-refractivity contribution in [1.29, 1.82) is 0 Å². The van der Waals surface area contributed by atoms with Crippen LogP contribution in [0.25, 0.3) is 0 Å². The van der Waals surface area contributed by atoms with Gasteiger partial charge in [0.05, 0.1) is 40.6 Å². The molecule has 0 saturated heterocycles. The van der Waals surface area contributed by atoms with Gasteiger partial charge in [-0.05, 0) is 19.8 Å². The van der Waals surface area contributed by atoms with E-state index in [4.69, 9.17) is 18.9 Å². The minimum Gasteiger partial charge on any atom is -0.493 e.